The average Bonchev–Trinajstić information content (AvgIpc) is 2.82. The summed E-state index contributed by atoms with van der Waals surface area (Å²) in [5.74, 6) is 0. The van der Waals surface area contributed by atoms with E-state index >= 15 is 0 Å². The Morgan fingerprint density at radius 3 is 2.30 bits per heavy atom. The number of aryl methyl sites for hydroxylation is 1. The van der Waals surface area contributed by atoms with E-state index < -0.39 is 6.10 Å². The van der Waals surface area contributed by atoms with Gasteiger partial charge in [0.25, 0.3) is 0 Å². The van der Waals surface area contributed by atoms with Gasteiger partial charge in [-0.25, -0.2) is 0 Å². The van der Waals surface area contributed by atoms with Crippen LogP contribution in [0.4, 0.5) is 0 Å². The lowest BCUT2D eigenvalue weighted by molar-refractivity contribution is 0.155. The molecule has 3 rings (SSSR count). The molecule has 0 spiro atoms. The maximum absolute atomic E-state index is 10.5. The molecule has 0 radical (unpaired) electrons. The minimum atomic E-state index is -0.769. The van der Waals surface area contributed by atoms with Gasteiger partial charge >= 0.3 is 0 Å². The van der Waals surface area contributed by atoms with Gasteiger partial charge in [-0.05, 0) is 36.8 Å². The van der Waals surface area contributed by atoms with E-state index in [2.05, 4.69) is 0 Å². The van der Waals surface area contributed by atoms with Gasteiger partial charge in [-0.1, -0.05) is 41.4 Å². The second-order valence-electron chi connectivity index (χ2n) is 5.36. The molecule has 0 saturated carbocycles. The number of para-hydroxylation sites is 2. The molecule has 1 heterocycles. The van der Waals surface area contributed by atoms with E-state index in [1.54, 1.807) is 18.2 Å². The highest BCUT2D eigenvalue weighted by Gasteiger charge is 2.15. The molecule has 1 atom stereocenters. The van der Waals surface area contributed by atoms with Crippen molar-refractivity contribution in [3.05, 3.63) is 63.7 Å². The normalized spacial score (nSPS) is 12.7. The van der Waals surface area contributed by atoms with Crippen LogP contribution in [0, 0.1) is 5.41 Å². The number of aliphatic hydroxyl groups is 1. The van der Waals surface area contributed by atoms with Crippen molar-refractivity contribution in [3.63, 3.8) is 0 Å². The summed E-state index contributed by atoms with van der Waals surface area (Å²) in [6.45, 7) is 2.99. The van der Waals surface area contributed by atoms with Crippen molar-refractivity contribution in [1.29, 1.82) is 5.41 Å². The third kappa shape index (κ3) is 2.90. The highest BCUT2D eigenvalue weighted by molar-refractivity contribution is 6.42. The molecule has 2 aromatic carbocycles. The van der Waals surface area contributed by atoms with E-state index in [1.807, 2.05) is 40.3 Å². The molecule has 6 heteroatoms. The molecule has 23 heavy (non-hydrogen) atoms. The monoisotopic (exact) mass is 349 g/mol. The van der Waals surface area contributed by atoms with E-state index in [0.717, 1.165) is 11.0 Å². The number of fused-ring (bicyclic) bond motifs is 1. The van der Waals surface area contributed by atoms with Crippen LogP contribution in [0.1, 0.15) is 18.6 Å². The lowest BCUT2D eigenvalue weighted by Crippen LogP contribution is -2.26. The van der Waals surface area contributed by atoms with Crippen LogP contribution in [0.15, 0.2) is 42.5 Å². The van der Waals surface area contributed by atoms with Crippen LogP contribution < -0.4 is 5.62 Å². The van der Waals surface area contributed by atoms with E-state index in [1.165, 1.54) is 0 Å². The van der Waals surface area contributed by atoms with Crippen LogP contribution in [0.3, 0.4) is 0 Å². The van der Waals surface area contributed by atoms with Gasteiger partial charge in [0.05, 0.1) is 33.7 Å². The number of nitrogens with one attached hydrogen (secondary N) is 1. The van der Waals surface area contributed by atoms with Gasteiger partial charge in [0.1, 0.15) is 0 Å². The molecule has 1 unspecified atom stereocenters. The Hall–Kier alpha value is -1.75. The Balaban J connectivity index is 2.02. The van der Waals surface area contributed by atoms with E-state index in [-0.39, 0.29) is 6.54 Å². The van der Waals surface area contributed by atoms with Gasteiger partial charge in [0.15, 0.2) is 0 Å². The predicted octanol–water partition coefficient (Wildman–Crippen LogP) is 3.98. The first-order valence-corrected chi connectivity index (χ1v) is 8.14. The molecular weight excluding hydrogens is 333 g/mol. The summed E-state index contributed by atoms with van der Waals surface area (Å²) >= 11 is 11.9. The van der Waals surface area contributed by atoms with Crippen molar-refractivity contribution in [1.82, 2.24) is 9.13 Å². The maximum Gasteiger partial charge on any atom is 0.203 e. The summed E-state index contributed by atoms with van der Waals surface area (Å²) < 4.78 is 3.73. The lowest BCUT2D eigenvalue weighted by Gasteiger charge is -2.13. The Kier molecular flexibility index (Phi) is 4.48. The van der Waals surface area contributed by atoms with Gasteiger partial charge in [-0.3, -0.25) is 5.41 Å². The summed E-state index contributed by atoms with van der Waals surface area (Å²) in [5.41, 5.74) is 2.97. The van der Waals surface area contributed by atoms with E-state index in [0.29, 0.717) is 27.8 Å². The number of hydrogen-bond donors (Lipinski definition) is 2. The fourth-order valence-corrected chi connectivity index (χ4v) is 3.10. The zero-order chi connectivity index (χ0) is 16.6. The average molecular weight is 350 g/mol. The minimum Gasteiger partial charge on any atom is -0.387 e. The summed E-state index contributed by atoms with van der Waals surface area (Å²) in [4.78, 5) is 0. The zero-order valence-corrected chi connectivity index (χ0v) is 14.1. The first-order chi connectivity index (χ1) is 11.0. The second kappa shape index (κ2) is 6.40. The number of nitrogens with zero attached hydrogens (tertiary/aromatic N) is 2. The zero-order valence-electron chi connectivity index (χ0n) is 12.6. The largest absolute Gasteiger partial charge is 0.387 e. The van der Waals surface area contributed by atoms with Crippen LogP contribution >= 0.6 is 23.2 Å². The van der Waals surface area contributed by atoms with Crippen LogP contribution in [-0.4, -0.2) is 14.2 Å². The number of halogens is 2. The Morgan fingerprint density at radius 2 is 1.70 bits per heavy atom. The molecule has 0 fully saturated rings. The quantitative estimate of drug-likeness (QED) is 0.735. The van der Waals surface area contributed by atoms with Crippen LogP contribution in [0.2, 0.25) is 10.0 Å². The first-order valence-electron chi connectivity index (χ1n) is 7.38. The van der Waals surface area contributed by atoms with Crippen LogP contribution in [0.5, 0.6) is 0 Å². The molecule has 0 bridgehead atoms. The van der Waals surface area contributed by atoms with E-state index in [9.17, 15) is 5.11 Å². The summed E-state index contributed by atoms with van der Waals surface area (Å²) in [5, 5.41) is 19.8. The van der Waals surface area contributed by atoms with Crippen molar-refractivity contribution in [2.75, 3.05) is 0 Å². The van der Waals surface area contributed by atoms with E-state index in [4.69, 9.17) is 28.6 Å². The van der Waals surface area contributed by atoms with Crippen molar-refractivity contribution in [3.8, 4) is 0 Å². The third-order valence-corrected chi connectivity index (χ3v) is 4.71. The molecular formula is C17H17Cl2N3O. The summed E-state index contributed by atoms with van der Waals surface area (Å²) in [6, 6.07) is 12.9. The molecule has 4 nitrogen and oxygen atoms in total. The highest BCUT2D eigenvalue weighted by atomic mass is 35.5. The molecule has 0 aliphatic heterocycles. The molecule has 2 N–H and O–H groups in total. The fourth-order valence-electron chi connectivity index (χ4n) is 2.80. The number of benzene rings is 2. The third-order valence-electron chi connectivity index (χ3n) is 3.97. The van der Waals surface area contributed by atoms with Crippen LogP contribution in [0.25, 0.3) is 11.0 Å². The van der Waals surface area contributed by atoms with Gasteiger partial charge < -0.3 is 14.2 Å². The summed E-state index contributed by atoms with van der Waals surface area (Å²) in [7, 11) is 0. The fraction of sp³-hybridized carbons (Fsp3) is 0.235. The smallest absolute Gasteiger partial charge is 0.203 e. The molecule has 1 aromatic heterocycles. The van der Waals surface area contributed by atoms with Crippen molar-refractivity contribution >= 4 is 34.2 Å². The van der Waals surface area contributed by atoms with Crippen molar-refractivity contribution in [2.24, 2.45) is 0 Å². The molecule has 0 aliphatic carbocycles. The molecule has 3 aromatic rings. The molecule has 0 amide bonds. The summed E-state index contributed by atoms with van der Waals surface area (Å²) in [6.07, 6.45) is -0.769. The standard InChI is InChI=1S/C17H17Cl2N3O/c1-2-21-14-5-3-4-6-15(14)22(17(21)20)10-16(23)11-7-8-12(18)13(19)9-11/h3-9,16,20,23H,2,10H2,1H3. The second-order valence-corrected chi connectivity index (χ2v) is 6.17. The maximum atomic E-state index is 10.5. The molecule has 0 saturated heterocycles. The number of rotatable bonds is 4. The number of aliphatic hydroxyl groups excluding tert-OH is 1. The number of hydrogen-bond acceptors (Lipinski definition) is 2. The van der Waals surface area contributed by atoms with Crippen LogP contribution in [-0.2, 0) is 13.1 Å². The van der Waals surface area contributed by atoms with Gasteiger partial charge in [-0.15, -0.1) is 0 Å². The number of imidazole rings is 1. The number of aromatic nitrogens is 2. The SMILES string of the molecule is CCn1c(=N)n(CC(O)c2ccc(Cl)c(Cl)c2)c2ccccc21. The lowest BCUT2D eigenvalue weighted by atomic mass is 10.1. The topological polar surface area (TPSA) is 53.9 Å². The van der Waals surface area contributed by atoms with Crippen molar-refractivity contribution < 1.29 is 5.11 Å². The minimum absolute atomic E-state index is 0.282. The molecule has 0 aliphatic rings. The Bertz CT molecular complexity index is 914. The highest BCUT2D eigenvalue weighted by Crippen LogP contribution is 2.26. The Morgan fingerprint density at radius 1 is 1.04 bits per heavy atom. The van der Waals surface area contributed by atoms with Gasteiger partial charge in [0.2, 0.25) is 5.62 Å². The van der Waals surface area contributed by atoms with Crippen molar-refractivity contribution in [2.45, 2.75) is 26.1 Å². The van der Waals surface area contributed by atoms with Gasteiger partial charge in [0, 0.05) is 6.54 Å². The molecule has 120 valence electrons. The first kappa shape index (κ1) is 16.1. The Labute approximate surface area is 144 Å². The predicted molar refractivity (Wildman–Crippen MR) is 92.9 cm³/mol. The van der Waals surface area contributed by atoms with Gasteiger partial charge in [-0.2, -0.15) is 0 Å².